The average Bonchev–Trinajstić information content (AvgIpc) is 3.47. The van der Waals surface area contributed by atoms with Crippen molar-refractivity contribution in [1.82, 2.24) is 25.2 Å². The van der Waals surface area contributed by atoms with E-state index in [2.05, 4.69) is 30.5 Å². The summed E-state index contributed by atoms with van der Waals surface area (Å²) in [6.07, 6.45) is 2.06. The second-order valence-corrected chi connectivity index (χ2v) is 10.6. The molecular formula is C25H26ClF2N7O2S. The van der Waals surface area contributed by atoms with Gasteiger partial charge in [0, 0.05) is 42.6 Å². The summed E-state index contributed by atoms with van der Waals surface area (Å²) in [4.78, 5) is 26.5. The lowest BCUT2D eigenvalue weighted by molar-refractivity contribution is -0.118. The molecule has 4 N–H and O–H groups in total. The molecule has 4 aromatic rings. The van der Waals surface area contributed by atoms with E-state index in [1.54, 1.807) is 6.07 Å². The minimum Gasteiger partial charge on any atom is -0.462 e. The summed E-state index contributed by atoms with van der Waals surface area (Å²) in [6, 6.07) is 4.42. The van der Waals surface area contributed by atoms with Crippen LogP contribution in [0.3, 0.4) is 0 Å². The van der Waals surface area contributed by atoms with E-state index in [0.29, 0.717) is 36.5 Å². The van der Waals surface area contributed by atoms with Crippen LogP contribution in [0.2, 0.25) is 5.02 Å². The van der Waals surface area contributed by atoms with Crippen molar-refractivity contribution in [3.8, 4) is 17.1 Å². The summed E-state index contributed by atoms with van der Waals surface area (Å²) in [5.41, 5.74) is 6.35. The number of thiazole rings is 1. The molecule has 0 bridgehead atoms. The number of hydrogen-bond acceptors (Lipinski definition) is 9. The number of nitrogens with one attached hydrogen (secondary N) is 2. The maximum absolute atomic E-state index is 16.2. The van der Waals surface area contributed by atoms with Gasteiger partial charge in [-0.25, -0.2) is 13.8 Å². The summed E-state index contributed by atoms with van der Waals surface area (Å²) in [5.74, 6) is -1.08. The normalized spacial score (nSPS) is 15.9. The number of hydrogen-bond donors (Lipinski definition) is 3. The number of likely N-dealkylation sites (N-methyl/N-ethyl adjacent to an activating group) is 1. The standard InChI is InChI=1S/C25H26ClF2N7O2S/c1-12(36)30-7-8-31-23-15-10-16(26)18(14-5-6-17(27)22-21(14)32-24(29)38-22)19(28)20(15)33-25(34-23)37-11-13-4-3-9-35(13)2/h5-6,10,13H,3-4,7-9,11H2,1-2H3,(H2,29,32)(H,30,36)(H,31,33,34). The summed E-state index contributed by atoms with van der Waals surface area (Å²) >= 11 is 7.58. The molecule has 1 fully saturated rings. The monoisotopic (exact) mass is 561 g/mol. The SMILES string of the molecule is CC(=O)NCCNc1nc(OCC2CCCN2C)nc2c(F)c(-c3ccc(F)c4sc(N)nc34)c(Cl)cc12. The van der Waals surface area contributed by atoms with Gasteiger partial charge in [-0.3, -0.25) is 4.79 Å². The molecule has 0 radical (unpaired) electrons. The van der Waals surface area contributed by atoms with Gasteiger partial charge in [0.2, 0.25) is 5.91 Å². The maximum atomic E-state index is 16.2. The number of rotatable bonds is 8. The number of fused-ring (bicyclic) bond motifs is 2. The molecule has 0 saturated carbocycles. The number of aromatic nitrogens is 3. The summed E-state index contributed by atoms with van der Waals surface area (Å²) in [5, 5.41) is 6.37. The first kappa shape index (κ1) is 26.3. The first-order chi connectivity index (χ1) is 18.2. The van der Waals surface area contributed by atoms with Gasteiger partial charge in [0.25, 0.3) is 0 Å². The number of nitrogens with zero attached hydrogens (tertiary/aromatic N) is 4. The van der Waals surface area contributed by atoms with Gasteiger partial charge in [-0.1, -0.05) is 22.9 Å². The Balaban J connectivity index is 1.60. The van der Waals surface area contributed by atoms with E-state index in [9.17, 15) is 9.18 Å². The van der Waals surface area contributed by atoms with Crippen LogP contribution < -0.4 is 21.1 Å². The van der Waals surface area contributed by atoms with Crippen molar-refractivity contribution in [2.45, 2.75) is 25.8 Å². The second kappa shape index (κ2) is 10.8. The Kier molecular flexibility index (Phi) is 7.46. The highest BCUT2D eigenvalue weighted by Crippen LogP contribution is 2.42. The molecule has 1 aliphatic rings. The Morgan fingerprint density at radius 1 is 1.26 bits per heavy atom. The van der Waals surface area contributed by atoms with Gasteiger partial charge in [0.05, 0.1) is 15.2 Å². The van der Waals surface area contributed by atoms with Gasteiger partial charge in [-0.15, -0.1) is 0 Å². The molecule has 1 saturated heterocycles. The maximum Gasteiger partial charge on any atom is 0.319 e. The van der Waals surface area contributed by atoms with E-state index in [0.717, 1.165) is 30.7 Å². The van der Waals surface area contributed by atoms with Gasteiger partial charge >= 0.3 is 6.01 Å². The second-order valence-electron chi connectivity index (χ2n) is 9.12. The summed E-state index contributed by atoms with van der Waals surface area (Å²) in [6.45, 7) is 3.41. The summed E-state index contributed by atoms with van der Waals surface area (Å²) in [7, 11) is 2.03. The Labute approximate surface area is 226 Å². The van der Waals surface area contributed by atoms with E-state index in [4.69, 9.17) is 22.1 Å². The van der Waals surface area contributed by atoms with Gasteiger partial charge < -0.3 is 26.0 Å². The molecule has 3 heterocycles. The zero-order chi connectivity index (χ0) is 27.0. The molecule has 0 aliphatic carbocycles. The summed E-state index contributed by atoms with van der Waals surface area (Å²) < 4.78 is 36.8. The van der Waals surface area contributed by atoms with Crippen LogP contribution in [-0.2, 0) is 4.79 Å². The Bertz CT molecular complexity index is 1530. The fourth-order valence-electron chi connectivity index (χ4n) is 4.60. The molecular weight excluding hydrogens is 536 g/mol. The number of amides is 1. The molecule has 2 aromatic heterocycles. The van der Waals surface area contributed by atoms with Crippen molar-refractivity contribution in [2.24, 2.45) is 0 Å². The number of halogens is 3. The van der Waals surface area contributed by atoms with E-state index in [1.807, 2.05) is 7.05 Å². The van der Waals surface area contributed by atoms with Gasteiger partial charge in [-0.05, 0) is 44.6 Å². The van der Waals surface area contributed by atoms with Crippen molar-refractivity contribution in [2.75, 3.05) is 44.3 Å². The number of nitrogens with two attached hydrogens (primary N) is 1. The molecule has 9 nitrogen and oxygen atoms in total. The predicted octanol–water partition coefficient (Wildman–Crippen LogP) is 4.44. The molecule has 38 heavy (non-hydrogen) atoms. The molecule has 1 atom stereocenters. The number of anilines is 2. The number of nitrogen functional groups attached to an aromatic ring is 1. The molecule has 1 amide bonds. The average molecular weight is 562 g/mol. The van der Waals surface area contributed by atoms with Gasteiger partial charge in [0.1, 0.15) is 23.8 Å². The minimum atomic E-state index is -0.720. The lowest BCUT2D eigenvalue weighted by Gasteiger charge is -2.19. The highest BCUT2D eigenvalue weighted by Gasteiger charge is 2.25. The van der Waals surface area contributed by atoms with Crippen molar-refractivity contribution in [3.05, 3.63) is 34.9 Å². The molecule has 1 unspecified atom stereocenters. The fraction of sp³-hybridized carbons (Fsp3) is 0.360. The number of ether oxygens (including phenoxy) is 1. The van der Waals surface area contributed by atoms with Crippen LogP contribution in [0, 0.1) is 11.6 Å². The van der Waals surface area contributed by atoms with Crippen molar-refractivity contribution < 1.29 is 18.3 Å². The van der Waals surface area contributed by atoms with Crippen LogP contribution in [0.1, 0.15) is 19.8 Å². The van der Waals surface area contributed by atoms with E-state index >= 15 is 4.39 Å². The van der Waals surface area contributed by atoms with Gasteiger partial charge in [0.15, 0.2) is 10.9 Å². The predicted molar refractivity (Wildman–Crippen MR) is 146 cm³/mol. The zero-order valence-corrected chi connectivity index (χ0v) is 22.3. The van der Waals surface area contributed by atoms with E-state index < -0.39 is 11.6 Å². The number of likely N-dealkylation sites (tertiary alicyclic amines) is 1. The lowest BCUT2D eigenvalue weighted by Crippen LogP contribution is -2.31. The Morgan fingerprint density at radius 3 is 2.82 bits per heavy atom. The number of carbonyl (C=O) groups excluding carboxylic acids is 1. The van der Waals surface area contributed by atoms with Crippen LogP contribution in [-0.4, -0.2) is 65.1 Å². The quantitative estimate of drug-likeness (QED) is 0.270. The molecule has 13 heteroatoms. The molecule has 2 aromatic carbocycles. The van der Waals surface area contributed by atoms with Crippen molar-refractivity contribution in [3.63, 3.8) is 0 Å². The third-order valence-electron chi connectivity index (χ3n) is 6.51. The topological polar surface area (TPSA) is 118 Å². The van der Waals surface area contributed by atoms with Crippen LogP contribution in [0.4, 0.5) is 19.7 Å². The van der Waals surface area contributed by atoms with Crippen LogP contribution in [0.25, 0.3) is 32.2 Å². The molecule has 1 aliphatic heterocycles. The van der Waals surface area contributed by atoms with Crippen LogP contribution >= 0.6 is 22.9 Å². The first-order valence-electron chi connectivity index (χ1n) is 12.1. The van der Waals surface area contributed by atoms with Crippen LogP contribution in [0.5, 0.6) is 6.01 Å². The third-order valence-corrected chi connectivity index (χ3v) is 7.70. The van der Waals surface area contributed by atoms with E-state index in [-0.39, 0.29) is 49.4 Å². The molecule has 0 spiro atoms. The number of benzene rings is 2. The highest BCUT2D eigenvalue weighted by atomic mass is 35.5. The molecule has 5 rings (SSSR count). The zero-order valence-electron chi connectivity index (χ0n) is 20.8. The Morgan fingerprint density at radius 2 is 2.08 bits per heavy atom. The van der Waals surface area contributed by atoms with Crippen LogP contribution in [0.15, 0.2) is 18.2 Å². The van der Waals surface area contributed by atoms with Crippen molar-refractivity contribution >= 4 is 60.9 Å². The largest absolute Gasteiger partial charge is 0.462 e. The minimum absolute atomic E-state index is 0.00848. The van der Waals surface area contributed by atoms with Gasteiger partial charge in [-0.2, -0.15) is 9.97 Å². The highest BCUT2D eigenvalue weighted by molar-refractivity contribution is 7.22. The van der Waals surface area contributed by atoms with E-state index in [1.165, 1.54) is 19.1 Å². The Hall–Kier alpha value is -3.35. The number of carbonyl (C=O) groups is 1. The molecule has 200 valence electrons. The first-order valence-corrected chi connectivity index (χ1v) is 13.3. The third kappa shape index (κ3) is 5.16. The smallest absolute Gasteiger partial charge is 0.319 e. The fourth-order valence-corrected chi connectivity index (χ4v) is 5.65. The van der Waals surface area contributed by atoms with Crippen molar-refractivity contribution in [1.29, 1.82) is 0 Å². The lowest BCUT2D eigenvalue weighted by atomic mass is 10.0.